The molecule has 0 unspecified atom stereocenters. The van der Waals surface area contributed by atoms with Gasteiger partial charge in [0.05, 0.1) is 5.52 Å². The molecule has 0 aliphatic carbocycles. The first-order chi connectivity index (χ1) is 10.4. The molecular weight excluding hydrogens is 336 g/mol. The van der Waals surface area contributed by atoms with Gasteiger partial charge in [0.25, 0.3) is 0 Å². The van der Waals surface area contributed by atoms with Crippen molar-refractivity contribution in [2.24, 2.45) is 0 Å². The maximum atomic E-state index is 4.57. The molecule has 0 aliphatic rings. The largest absolute Gasteiger partial charge is 0.299 e. The highest BCUT2D eigenvalue weighted by Crippen LogP contribution is 2.33. The van der Waals surface area contributed by atoms with E-state index in [2.05, 4.69) is 82.5 Å². The van der Waals surface area contributed by atoms with Crippen LogP contribution in [0.1, 0.15) is 26.3 Å². The van der Waals surface area contributed by atoms with Gasteiger partial charge in [-0.1, -0.05) is 54.9 Å². The Morgan fingerprint density at radius 2 is 1.73 bits per heavy atom. The van der Waals surface area contributed by atoms with Crippen LogP contribution >= 0.6 is 15.9 Å². The Morgan fingerprint density at radius 1 is 0.955 bits per heavy atom. The number of halogens is 1. The molecule has 4 aromatic rings. The molecule has 2 aromatic carbocycles. The number of imidazole rings is 1. The molecule has 0 N–H and O–H groups in total. The van der Waals surface area contributed by atoms with Crippen LogP contribution in [-0.4, -0.2) is 9.38 Å². The van der Waals surface area contributed by atoms with Crippen molar-refractivity contribution in [2.75, 3.05) is 0 Å². The summed E-state index contributed by atoms with van der Waals surface area (Å²) >= 11 is 3.57. The van der Waals surface area contributed by atoms with Crippen molar-refractivity contribution in [1.82, 2.24) is 9.38 Å². The Morgan fingerprint density at radius 3 is 2.50 bits per heavy atom. The summed E-state index contributed by atoms with van der Waals surface area (Å²) in [5.41, 5.74) is 3.70. The minimum absolute atomic E-state index is 0.135. The average molecular weight is 353 g/mol. The number of hydrogen-bond donors (Lipinski definition) is 0. The van der Waals surface area contributed by atoms with E-state index < -0.39 is 0 Å². The summed E-state index contributed by atoms with van der Waals surface area (Å²) in [4.78, 5) is 4.57. The molecule has 0 amide bonds. The van der Waals surface area contributed by atoms with Crippen molar-refractivity contribution in [3.63, 3.8) is 0 Å². The van der Waals surface area contributed by atoms with Crippen LogP contribution in [-0.2, 0) is 5.41 Å². The van der Waals surface area contributed by atoms with Crippen molar-refractivity contribution < 1.29 is 0 Å². The van der Waals surface area contributed by atoms with Gasteiger partial charge in [0.15, 0.2) is 0 Å². The van der Waals surface area contributed by atoms with Crippen LogP contribution in [0, 0.1) is 0 Å². The van der Waals surface area contributed by atoms with E-state index in [0.717, 1.165) is 10.1 Å². The molecule has 0 radical (unpaired) electrons. The molecule has 0 fully saturated rings. The second kappa shape index (κ2) is 4.56. The highest BCUT2D eigenvalue weighted by atomic mass is 79.9. The molecule has 0 bridgehead atoms. The van der Waals surface area contributed by atoms with Gasteiger partial charge in [-0.3, -0.25) is 4.40 Å². The lowest BCUT2D eigenvalue weighted by Gasteiger charge is -2.20. The van der Waals surface area contributed by atoms with Crippen LogP contribution in [0.25, 0.3) is 27.3 Å². The third-order valence-corrected chi connectivity index (χ3v) is 4.77. The van der Waals surface area contributed by atoms with Crippen molar-refractivity contribution >= 4 is 43.3 Å². The maximum absolute atomic E-state index is 4.57. The third kappa shape index (κ3) is 1.96. The van der Waals surface area contributed by atoms with Gasteiger partial charge >= 0.3 is 0 Å². The van der Waals surface area contributed by atoms with E-state index in [1.807, 2.05) is 12.4 Å². The van der Waals surface area contributed by atoms with Crippen molar-refractivity contribution in [1.29, 1.82) is 0 Å². The van der Waals surface area contributed by atoms with Gasteiger partial charge < -0.3 is 0 Å². The number of benzene rings is 2. The fourth-order valence-corrected chi connectivity index (χ4v) is 3.42. The molecule has 0 spiro atoms. The van der Waals surface area contributed by atoms with E-state index in [9.17, 15) is 0 Å². The zero-order valence-corrected chi connectivity index (χ0v) is 14.5. The van der Waals surface area contributed by atoms with Crippen molar-refractivity contribution in [2.45, 2.75) is 26.2 Å². The van der Waals surface area contributed by atoms with Crippen LogP contribution < -0.4 is 0 Å². The standard InChI is InChI=1S/C19H17BrN2/c1-19(2,3)12-4-6-15-14-7-5-13(20)11-16(14)18-21-8-9-22(18)17(15)10-12/h4-11H,1-3H3. The Bertz CT molecular complexity index is 1020. The summed E-state index contributed by atoms with van der Waals surface area (Å²) < 4.78 is 3.27. The summed E-state index contributed by atoms with van der Waals surface area (Å²) in [7, 11) is 0. The van der Waals surface area contributed by atoms with E-state index in [4.69, 9.17) is 0 Å². The Labute approximate surface area is 137 Å². The van der Waals surface area contributed by atoms with E-state index in [0.29, 0.717) is 0 Å². The van der Waals surface area contributed by atoms with Gasteiger partial charge in [0, 0.05) is 27.6 Å². The number of aromatic nitrogens is 2. The quantitative estimate of drug-likeness (QED) is 0.371. The molecule has 0 atom stereocenters. The highest BCUT2D eigenvalue weighted by Gasteiger charge is 2.16. The number of nitrogens with zero attached hydrogens (tertiary/aromatic N) is 2. The molecule has 0 aliphatic heterocycles. The highest BCUT2D eigenvalue weighted by molar-refractivity contribution is 9.10. The number of hydrogen-bond acceptors (Lipinski definition) is 1. The lowest BCUT2D eigenvalue weighted by molar-refractivity contribution is 0.591. The van der Waals surface area contributed by atoms with Gasteiger partial charge in [-0.2, -0.15) is 0 Å². The Kier molecular flexibility index (Phi) is 2.85. The molecule has 2 heterocycles. The van der Waals surface area contributed by atoms with Crippen molar-refractivity contribution in [3.8, 4) is 0 Å². The summed E-state index contributed by atoms with van der Waals surface area (Å²) in [5.74, 6) is 0. The predicted octanol–water partition coefficient (Wildman–Crippen LogP) is 5.70. The molecule has 0 saturated carbocycles. The van der Waals surface area contributed by atoms with E-state index in [1.54, 1.807) is 0 Å². The zero-order valence-electron chi connectivity index (χ0n) is 12.9. The first-order valence-electron chi connectivity index (χ1n) is 7.44. The van der Waals surface area contributed by atoms with Gasteiger partial charge in [0.1, 0.15) is 5.65 Å². The fraction of sp³-hybridized carbons (Fsp3) is 0.211. The van der Waals surface area contributed by atoms with Crippen LogP contribution in [0.4, 0.5) is 0 Å². The summed E-state index contributed by atoms with van der Waals surface area (Å²) in [6, 6.07) is 13.2. The molecule has 22 heavy (non-hydrogen) atoms. The van der Waals surface area contributed by atoms with Crippen molar-refractivity contribution in [3.05, 3.63) is 58.8 Å². The summed E-state index contributed by atoms with van der Waals surface area (Å²) in [5, 5.41) is 3.69. The molecule has 0 saturated heterocycles. The first kappa shape index (κ1) is 13.8. The molecule has 2 nitrogen and oxygen atoms in total. The maximum Gasteiger partial charge on any atom is 0.145 e. The van der Waals surface area contributed by atoms with Gasteiger partial charge in [-0.15, -0.1) is 0 Å². The minimum atomic E-state index is 0.135. The lowest BCUT2D eigenvalue weighted by Crippen LogP contribution is -2.11. The smallest absolute Gasteiger partial charge is 0.145 e. The third-order valence-electron chi connectivity index (χ3n) is 4.28. The van der Waals surface area contributed by atoms with Gasteiger partial charge in [-0.05, 0) is 34.6 Å². The molecule has 3 heteroatoms. The Hall–Kier alpha value is -1.87. The molecular formula is C19H17BrN2. The molecule has 4 rings (SSSR count). The Balaban J connectivity index is 2.24. The zero-order chi connectivity index (χ0) is 15.5. The number of rotatable bonds is 0. The number of fused-ring (bicyclic) bond motifs is 6. The second-order valence-electron chi connectivity index (χ2n) is 6.79. The monoisotopic (exact) mass is 352 g/mol. The summed E-state index contributed by atoms with van der Waals surface area (Å²) in [6.45, 7) is 6.74. The van der Waals surface area contributed by atoms with Crippen LogP contribution in [0.15, 0.2) is 53.3 Å². The topological polar surface area (TPSA) is 17.3 Å². The minimum Gasteiger partial charge on any atom is -0.299 e. The summed E-state index contributed by atoms with van der Waals surface area (Å²) in [6.07, 6.45) is 3.92. The molecule has 110 valence electrons. The number of pyridine rings is 1. The van der Waals surface area contributed by atoms with Crippen LogP contribution in [0.3, 0.4) is 0 Å². The van der Waals surface area contributed by atoms with Crippen LogP contribution in [0.2, 0.25) is 0 Å². The average Bonchev–Trinajstić information content (AvgIpc) is 2.95. The lowest BCUT2D eigenvalue weighted by atomic mass is 9.86. The first-order valence-corrected chi connectivity index (χ1v) is 8.23. The SMILES string of the molecule is CC(C)(C)c1ccc2c3ccc(Br)cc3c3nccn3c2c1. The van der Waals surface area contributed by atoms with E-state index >= 15 is 0 Å². The normalized spacial score (nSPS) is 12.5. The molecule has 2 aromatic heterocycles. The predicted molar refractivity (Wildman–Crippen MR) is 96.6 cm³/mol. The second-order valence-corrected chi connectivity index (χ2v) is 7.71. The van der Waals surface area contributed by atoms with E-state index in [-0.39, 0.29) is 5.41 Å². The fourth-order valence-electron chi connectivity index (χ4n) is 3.06. The van der Waals surface area contributed by atoms with E-state index in [1.165, 1.54) is 27.2 Å². The van der Waals surface area contributed by atoms with Crippen LogP contribution in [0.5, 0.6) is 0 Å². The van der Waals surface area contributed by atoms with Gasteiger partial charge in [-0.25, -0.2) is 4.98 Å². The van der Waals surface area contributed by atoms with Gasteiger partial charge in [0.2, 0.25) is 0 Å².